The summed E-state index contributed by atoms with van der Waals surface area (Å²) in [6, 6.07) is 7.61. The topological polar surface area (TPSA) is 84.9 Å². The standard InChI is InChI=1S/C30H51NO4.C3H8O/c1-6-8-9-10-11-12-13-14-15-16-17-18-19-25(3)31-27-22-20-26(21-23-27)28(32)35-30(4,5)29(33)34-24-7-2;1-2-3-4/h20-23,25,31H,6-19,24H2,1-5H3;4H,2-3H2,1H3. The van der Waals surface area contributed by atoms with E-state index in [9.17, 15) is 9.59 Å². The van der Waals surface area contributed by atoms with Crippen LogP contribution >= 0.6 is 0 Å². The monoisotopic (exact) mass is 549 g/mol. The Morgan fingerprint density at radius 1 is 0.795 bits per heavy atom. The number of nitrogens with one attached hydrogen (secondary N) is 1. The third-order valence-electron chi connectivity index (χ3n) is 6.52. The number of unbranched alkanes of at least 4 members (excludes halogenated alkanes) is 11. The van der Waals surface area contributed by atoms with Crippen LogP contribution in [0.4, 0.5) is 5.69 Å². The van der Waals surface area contributed by atoms with E-state index in [1.54, 1.807) is 26.0 Å². The van der Waals surface area contributed by atoms with Gasteiger partial charge in [0.15, 0.2) is 0 Å². The van der Waals surface area contributed by atoms with Crippen LogP contribution in [0.25, 0.3) is 0 Å². The molecule has 0 aliphatic carbocycles. The minimum atomic E-state index is -1.31. The second-order valence-corrected chi connectivity index (χ2v) is 11.1. The van der Waals surface area contributed by atoms with Crippen molar-refractivity contribution in [2.45, 2.75) is 149 Å². The lowest BCUT2D eigenvalue weighted by Gasteiger charge is -2.23. The van der Waals surface area contributed by atoms with E-state index in [1.807, 2.05) is 26.0 Å². The summed E-state index contributed by atoms with van der Waals surface area (Å²) in [6.45, 7) is 12.1. The molecular formula is C33H59NO5. The van der Waals surface area contributed by atoms with Crippen LogP contribution in [0.15, 0.2) is 24.3 Å². The Bertz CT molecular complexity index is 730. The number of ether oxygens (including phenoxy) is 2. The van der Waals surface area contributed by atoms with E-state index >= 15 is 0 Å². The molecule has 0 saturated heterocycles. The van der Waals surface area contributed by atoms with Crippen LogP contribution in [0.3, 0.4) is 0 Å². The number of aliphatic hydroxyl groups is 1. The van der Waals surface area contributed by atoms with Crippen molar-refractivity contribution in [3.8, 4) is 0 Å². The van der Waals surface area contributed by atoms with Crippen molar-refractivity contribution < 1.29 is 24.2 Å². The normalized spacial score (nSPS) is 11.8. The van der Waals surface area contributed by atoms with Gasteiger partial charge in [-0.1, -0.05) is 97.8 Å². The van der Waals surface area contributed by atoms with Crippen LogP contribution in [-0.4, -0.2) is 41.9 Å². The van der Waals surface area contributed by atoms with Gasteiger partial charge in [-0.15, -0.1) is 0 Å². The minimum Gasteiger partial charge on any atom is -0.463 e. The molecule has 0 amide bonds. The molecule has 1 unspecified atom stereocenters. The maximum Gasteiger partial charge on any atom is 0.350 e. The lowest BCUT2D eigenvalue weighted by molar-refractivity contribution is -0.162. The summed E-state index contributed by atoms with van der Waals surface area (Å²) >= 11 is 0. The largest absolute Gasteiger partial charge is 0.463 e. The molecule has 0 saturated carbocycles. The zero-order valence-corrected chi connectivity index (χ0v) is 26.0. The molecule has 0 heterocycles. The van der Waals surface area contributed by atoms with Gasteiger partial charge < -0.3 is 19.9 Å². The summed E-state index contributed by atoms with van der Waals surface area (Å²) in [5.74, 6) is -1.06. The second-order valence-electron chi connectivity index (χ2n) is 11.1. The molecule has 2 N–H and O–H groups in total. The third-order valence-corrected chi connectivity index (χ3v) is 6.52. The van der Waals surface area contributed by atoms with E-state index in [2.05, 4.69) is 19.2 Å². The van der Waals surface area contributed by atoms with E-state index in [4.69, 9.17) is 14.6 Å². The zero-order chi connectivity index (χ0) is 29.4. The van der Waals surface area contributed by atoms with Gasteiger partial charge in [0.25, 0.3) is 0 Å². The van der Waals surface area contributed by atoms with Crippen LogP contribution in [0.2, 0.25) is 0 Å². The number of carbonyl (C=O) groups is 2. The molecule has 0 aromatic heterocycles. The average molecular weight is 550 g/mol. The van der Waals surface area contributed by atoms with Crippen molar-refractivity contribution in [2.24, 2.45) is 0 Å². The van der Waals surface area contributed by atoms with Gasteiger partial charge >= 0.3 is 11.9 Å². The maximum absolute atomic E-state index is 12.5. The zero-order valence-electron chi connectivity index (χ0n) is 26.0. The smallest absolute Gasteiger partial charge is 0.350 e. The molecule has 1 rings (SSSR count). The van der Waals surface area contributed by atoms with Gasteiger partial charge in [0.2, 0.25) is 5.60 Å². The molecule has 0 spiro atoms. The van der Waals surface area contributed by atoms with Gasteiger partial charge in [0, 0.05) is 18.3 Å². The SMILES string of the molecule is CCCCCCCCCCCCCCC(C)Nc1ccc(C(=O)OC(C)(C)C(=O)OCCC)cc1.CCCO. The lowest BCUT2D eigenvalue weighted by Crippen LogP contribution is -2.39. The van der Waals surface area contributed by atoms with Gasteiger partial charge in [-0.3, -0.25) is 0 Å². The fraction of sp³-hybridized carbons (Fsp3) is 0.758. The number of rotatable bonds is 21. The van der Waals surface area contributed by atoms with Crippen LogP contribution in [-0.2, 0) is 14.3 Å². The van der Waals surface area contributed by atoms with Crippen molar-refractivity contribution in [3.63, 3.8) is 0 Å². The molecule has 6 nitrogen and oxygen atoms in total. The number of benzene rings is 1. The van der Waals surface area contributed by atoms with E-state index in [1.165, 1.54) is 77.0 Å². The van der Waals surface area contributed by atoms with E-state index < -0.39 is 17.5 Å². The first-order valence-corrected chi connectivity index (χ1v) is 15.6. The molecule has 226 valence electrons. The Hall–Kier alpha value is -2.08. The number of hydrogen-bond donors (Lipinski definition) is 2. The van der Waals surface area contributed by atoms with Crippen LogP contribution < -0.4 is 5.32 Å². The van der Waals surface area contributed by atoms with E-state index in [0.717, 1.165) is 24.9 Å². The second kappa shape index (κ2) is 23.8. The Morgan fingerprint density at radius 3 is 1.74 bits per heavy atom. The van der Waals surface area contributed by atoms with Gasteiger partial charge in [-0.05, 0) is 64.3 Å². The van der Waals surface area contributed by atoms with Crippen molar-refractivity contribution >= 4 is 17.6 Å². The van der Waals surface area contributed by atoms with Crippen LogP contribution in [0, 0.1) is 0 Å². The molecule has 0 aliphatic rings. The first kappa shape index (κ1) is 36.9. The number of esters is 2. The molecule has 1 atom stereocenters. The number of hydrogen-bond acceptors (Lipinski definition) is 6. The number of anilines is 1. The van der Waals surface area contributed by atoms with Gasteiger partial charge in [-0.25, -0.2) is 9.59 Å². The molecule has 6 heteroatoms. The fourth-order valence-electron chi connectivity index (χ4n) is 4.05. The Labute approximate surface area is 239 Å². The molecule has 1 aromatic carbocycles. The third kappa shape index (κ3) is 19.6. The maximum atomic E-state index is 12.5. The van der Waals surface area contributed by atoms with Crippen LogP contribution in [0.5, 0.6) is 0 Å². The van der Waals surface area contributed by atoms with Crippen molar-refractivity contribution in [1.82, 2.24) is 0 Å². The van der Waals surface area contributed by atoms with Crippen LogP contribution in [0.1, 0.15) is 148 Å². The van der Waals surface area contributed by atoms with Crippen molar-refractivity contribution in [3.05, 3.63) is 29.8 Å². The summed E-state index contributed by atoms with van der Waals surface area (Å²) in [7, 11) is 0. The van der Waals surface area contributed by atoms with Gasteiger partial charge in [0.05, 0.1) is 12.2 Å². The Kier molecular flexibility index (Phi) is 22.5. The first-order valence-electron chi connectivity index (χ1n) is 15.6. The summed E-state index contributed by atoms with van der Waals surface area (Å²) in [6.07, 6.45) is 19.1. The molecule has 0 aliphatic heterocycles. The van der Waals surface area contributed by atoms with E-state index in [-0.39, 0.29) is 0 Å². The summed E-state index contributed by atoms with van der Waals surface area (Å²) in [5, 5.41) is 11.4. The average Bonchev–Trinajstić information content (AvgIpc) is 2.92. The van der Waals surface area contributed by atoms with Gasteiger partial charge in [-0.2, -0.15) is 0 Å². The molecule has 0 radical (unpaired) electrons. The Morgan fingerprint density at radius 2 is 1.28 bits per heavy atom. The summed E-state index contributed by atoms with van der Waals surface area (Å²) in [5.41, 5.74) is 0.0847. The highest BCUT2D eigenvalue weighted by Gasteiger charge is 2.34. The summed E-state index contributed by atoms with van der Waals surface area (Å²) < 4.78 is 10.5. The predicted molar refractivity (Wildman–Crippen MR) is 163 cm³/mol. The highest BCUT2D eigenvalue weighted by molar-refractivity contribution is 5.92. The van der Waals surface area contributed by atoms with Gasteiger partial charge in [0.1, 0.15) is 0 Å². The first-order chi connectivity index (χ1) is 18.7. The fourth-order valence-corrected chi connectivity index (χ4v) is 4.05. The Balaban J connectivity index is 0.00000336. The minimum absolute atomic E-state index is 0.317. The number of carbonyl (C=O) groups excluding carboxylic acids is 2. The van der Waals surface area contributed by atoms with Crippen molar-refractivity contribution in [2.75, 3.05) is 18.5 Å². The van der Waals surface area contributed by atoms with E-state index in [0.29, 0.717) is 24.8 Å². The molecule has 0 fully saturated rings. The quantitative estimate of drug-likeness (QED) is 0.118. The molecular weight excluding hydrogens is 490 g/mol. The predicted octanol–water partition coefficient (Wildman–Crippen LogP) is 8.86. The highest BCUT2D eigenvalue weighted by atomic mass is 16.6. The molecule has 1 aromatic rings. The number of aliphatic hydroxyl groups excluding tert-OH is 1. The highest BCUT2D eigenvalue weighted by Crippen LogP contribution is 2.19. The van der Waals surface area contributed by atoms with Crippen molar-refractivity contribution in [1.29, 1.82) is 0 Å². The summed E-state index contributed by atoms with van der Waals surface area (Å²) in [4.78, 5) is 24.5. The molecule has 39 heavy (non-hydrogen) atoms. The molecule has 0 bridgehead atoms. The lowest BCUT2D eigenvalue weighted by atomic mass is 10.0.